The minimum Gasteiger partial charge on any atom is -0.314 e. The van der Waals surface area contributed by atoms with Crippen LogP contribution in [-0.4, -0.2) is 41.9 Å². The Kier molecular flexibility index (Phi) is 3.97. The normalized spacial score (nSPS) is 20.1. The van der Waals surface area contributed by atoms with E-state index in [-0.39, 0.29) is 18.1 Å². The standard InChI is InChI=1S/C18H15ClFN7O/c19-14-7-10(9-22-17(14)27-23-5-6-24-27)25-18(28)26-11-1-2-15(26)12-3-4-21-16(20)13(12)8-11/h3-7,9,11,15H,1-2,8H2,(H,25,28). The van der Waals surface area contributed by atoms with Crippen molar-refractivity contribution >= 4 is 23.3 Å². The van der Waals surface area contributed by atoms with E-state index >= 15 is 0 Å². The van der Waals surface area contributed by atoms with Crippen LogP contribution in [0.25, 0.3) is 5.82 Å². The fourth-order valence-corrected chi connectivity index (χ4v) is 4.33. The molecular weight excluding hydrogens is 385 g/mol. The third kappa shape index (κ3) is 2.70. The first kappa shape index (κ1) is 17.1. The molecule has 2 aliphatic rings. The molecule has 3 aromatic rings. The fraction of sp³-hybridized carbons (Fsp3) is 0.278. The summed E-state index contributed by atoms with van der Waals surface area (Å²) in [5.41, 5.74) is 1.93. The largest absolute Gasteiger partial charge is 0.322 e. The maximum Gasteiger partial charge on any atom is 0.322 e. The van der Waals surface area contributed by atoms with Crippen LogP contribution in [0.15, 0.2) is 36.9 Å². The fourth-order valence-electron chi connectivity index (χ4n) is 4.09. The summed E-state index contributed by atoms with van der Waals surface area (Å²) in [5, 5.41) is 11.2. The molecule has 3 aromatic heterocycles. The first-order valence-corrected chi connectivity index (χ1v) is 9.24. The minimum atomic E-state index is -0.437. The number of carbonyl (C=O) groups is 1. The monoisotopic (exact) mass is 399 g/mol. The number of nitrogens with zero attached hydrogens (tertiary/aromatic N) is 6. The Morgan fingerprint density at radius 3 is 2.82 bits per heavy atom. The van der Waals surface area contributed by atoms with Gasteiger partial charge in [0.15, 0.2) is 5.82 Å². The molecule has 1 fully saturated rings. The first-order chi connectivity index (χ1) is 13.6. The second-order valence-corrected chi connectivity index (χ2v) is 7.21. The number of hydrogen-bond donors (Lipinski definition) is 1. The zero-order valence-corrected chi connectivity index (χ0v) is 15.3. The van der Waals surface area contributed by atoms with E-state index in [1.54, 1.807) is 17.0 Å². The lowest BCUT2D eigenvalue weighted by molar-refractivity contribution is 0.178. The highest BCUT2D eigenvalue weighted by Crippen LogP contribution is 2.44. The van der Waals surface area contributed by atoms with Crippen molar-refractivity contribution in [1.29, 1.82) is 0 Å². The Labute approximate surface area is 164 Å². The lowest BCUT2D eigenvalue weighted by Crippen LogP contribution is -2.44. The molecule has 5 heterocycles. The maximum absolute atomic E-state index is 14.1. The summed E-state index contributed by atoms with van der Waals surface area (Å²) in [6, 6.07) is 2.96. The van der Waals surface area contributed by atoms with Gasteiger partial charge in [0, 0.05) is 17.8 Å². The molecule has 2 atom stereocenters. The van der Waals surface area contributed by atoms with Crippen LogP contribution in [0.4, 0.5) is 14.9 Å². The topological polar surface area (TPSA) is 88.8 Å². The zero-order valence-electron chi connectivity index (χ0n) is 14.6. The van der Waals surface area contributed by atoms with E-state index in [2.05, 4.69) is 25.5 Å². The summed E-state index contributed by atoms with van der Waals surface area (Å²) < 4.78 is 14.1. The highest BCUT2D eigenvalue weighted by molar-refractivity contribution is 6.32. The van der Waals surface area contributed by atoms with Gasteiger partial charge in [0.05, 0.1) is 35.3 Å². The molecule has 0 radical (unpaired) electrons. The molecule has 0 aromatic carbocycles. The van der Waals surface area contributed by atoms with Crippen molar-refractivity contribution in [3.05, 3.63) is 59.0 Å². The quantitative estimate of drug-likeness (QED) is 0.669. The molecule has 10 heteroatoms. The number of carbonyl (C=O) groups excluding carboxylic acids is 1. The molecular formula is C18H15ClFN7O. The van der Waals surface area contributed by atoms with Crippen LogP contribution in [0, 0.1) is 5.95 Å². The summed E-state index contributed by atoms with van der Waals surface area (Å²) in [5.74, 6) is -0.0622. The number of rotatable bonds is 2. The number of amides is 2. The van der Waals surface area contributed by atoms with Gasteiger partial charge in [-0.05, 0) is 37.0 Å². The van der Waals surface area contributed by atoms with Crippen molar-refractivity contribution in [3.8, 4) is 5.82 Å². The second-order valence-electron chi connectivity index (χ2n) is 6.81. The van der Waals surface area contributed by atoms with Gasteiger partial charge < -0.3 is 10.2 Å². The molecule has 8 nitrogen and oxygen atoms in total. The van der Waals surface area contributed by atoms with Gasteiger partial charge in [-0.1, -0.05) is 11.6 Å². The highest BCUT2D eigenvalue weighted by atomic mass is 35.5. The molecule has 0 aliphatic carbocycles. The van der Waals surface area contributed by atoms with Crippen LogP contribution < -0.4 is 5.32 Å². The number of nitrogens with one attached hydrogen (secondary N) is 1. The second kappa shape index (κ2) is 6.52. The summed E-state index contributed by atoms with van der Waals surface area (Å²) >= 11 is 6.27. The predicted molar refractivity (Wildman–Crippen MR) is 98.7 cm³/mol. The zero-order chi connectivity index (χ0) is 19.3. The lowest BCUT2D eigenvalue weighted by atomic mass is 9.95. The van der Waals surface area contributed by atoms with E-state index in [0.717, 1.165) is 18.4 Å². The SMILES string of the molecule is O=C(Nc1cnc(-n2nccn2)c(Cl)c1)N1C2CCC1c1ccnc(F)c1C2. The summed E-state index contributed by atoms with van der Waals surface area (Å²) in [6.07, 6.45) is 8.11. The molecule has 28 heavy (non-hydrogen) atoms. The lowest BCUT2D eigenvalue weighted by Gasteiger charge is -2.36. The van der Waals surface area contributed by atoms with E-state index in [1.165, 1.54) is 29.6 Å². The van der Waals surface area contributed by atoms with Crippen molar-refractivity contribution in [3.63, 3.8) is 0 Å². The van der Waals surface area contributed by atoms with E-state index in [0.29, 0.717) is 28.5 Å². The molecule has 2 amide bonds. The summed E-state index contributed by atoms with van der Waals surface area (Å²) in [7, 11) is 0. The minimum absolute atomic E-state index is 0.0489. The molecule has 5 rings (SSSR count). The molecule has 2 bridgehead atoms. The van der Waals surface area contributed by atoms with Crippen molar-refractivity contribution < 1.29 is 9.18 Å². The molecule has 0 saturated carbocycles. The highest BCUT2D eigenvalue weighted by Gasteiger charge is 2.43. The molecule has 1 N–H and O–H groups in total. The average molecular weight is 400 g/mol. The van der Waals surface area contributed by atoms with Crippen molar-refractivity contribution in [1.82, 2.24) is 29.9 Å². The number of aromatic nitrogens is 5. The Bertz CT molecular complexity index is 1060. The smallest absolute Gasteiger partial charge is 0.314 e. The molecule has 142 valence electrons. The van der Waals surface area contributed by atoms with Gasteiger partial charge in [-0.2, -0.15) is 14.6 Å². The maximum atomic E-state index is 14.1. The Balaban J connectivity index is 1.39. The number of anilines is 1. The van der Waals surface area contributed by atoms with Gasteiger partial charge in [-0.15, -0.1) is 4.80 Å². The van der Waals surface area contributed by atoms with Crippen LogP contribution >= 0.6 is 11.6 Å². The Hall–Kier alpha value is -3.07. The van der Waals surface area contributed by atoms with Crippen LogP contribution in [0.3, 0.4) is 0 Å². The van der Waals surface area contributed by atoms with Gasteiger partial charge in [0.2, 0.25) is 5.95 Å². The van der Waals surface area contributed by atoms with Gasteiger partial charge in [0.25, 0.3) is 0 Å². The third-order valence-corrected chi connectivity index (χ3v) is 5.53. The first-order valence-electron chi connectivity index (χ1n) is 8.86. The van der Waals surface area contributed by atoms with Crippen molar-refractivity contribution in [2.24, 2.45) is 0 Å². The van der Waals surface area contributed by atoms with Crippen LogP contribution in [0.2, 0.25) is 5.02 Å². The predicted octanol–water partition coefficient (Wildman–Crippen LogP) is 3.14. The Morgan fingerprint density at radius 1 is 1.21 bits per heavy atom. The van der Waals surface area contributed by atoms with Crippen LogP contribution in [-0.2, 0) is 6.42 Å². The van der Waals surface area contributed by atoms with Gasteiger partial charge in [-0.3, -0.25) is 0 Å². The Morgan fingerprint density at radius 2 is 2.04 bits per heavy atom. The van der Waals surface area contributed by atoms with Crippen molar-refractivity contribution in [2.45, 2.75) is 31.3 Å². The van der Waals surface area contributed by atoms with E-state index in [4.69, 9.17) is 11.6 Å². The van der Waals surface area contributed by atoms with E-state index in [9.17, 15) is 9.18 Å². The van der Waals surface area contributed by atoms with Crippen LogP contribution in [0.1, 0.15) is 30.0 Å². The van der Waals surface area contributed by atoms with Gasteiger partial charge in [0.1, 0.15) is 0 Å². The van der Waals surface area contributed by atoms with Crippen molar-refractivity contribution in [2.75, 3.05) is 5.32 Å². The van der Waals surface area contributed by atoms with Gasteiger partial charge >= 0.3 is 6.03 Å². The molecule has 2 unspecified atom stereocenters. The van der Waals surface area contributed by atoms with Crippen LogP contribution in [0.5, 0.6) is 0 Å². The molecule has 1 saturated heterocycles. The van der Waals surface area contributed by atoms with E-state index in [1.807, 2.05) is 0 Å². The number of pyridine rings is 2. The summed E-state index contributed by atoms with van der Waals surface area (Å²) in [6.45, 7) is 0. The van der Waals surface area contributed by atoms with Gasteiger partial charge in [-0.25, -0.2) is 14.8 Å². The van der Waals surface area contributed by atoms with E-state index < -0.39 is 5.95 Å². The number of urea groups is 1. The number of halogens is 2. The third-order valence-electron chi connectivity index (χ3n) is 5.26. The number of fused-ring (bicyclic) bond motifs is 4. The molecule has 2 aliphatic heterocycles. The summed E-state index contributed by atoms with van der Waals surface area (Å²) in [4.78, 5) is 24.0. The number of hydrogen-bond acceptors (Lipinski definition) is 5. The average Bonchev–Trinajstić information content (AvgIpc) is 3.30. The molecule has 0 spiro atoms.